The van der Waals surface area contributed by atoms with Crippen LogP contribution in [-0.4, -0.2) is 17.6 Å². The molecule has 0 saturated heterocycles. The Bertz CT molecular complexity index is 345. The molecule has 0 aliphatic carbocycles. The van der Waals surface area contributed by atoms with Crippen molar-refractivity contribution in [1.29, 1.82) is 0 Å². The van der Waals surface area contributed by atoms with Crippen LogP contribution in [0.15, 0.2) is 23.4 Å². The molecule has 0 aromatic heterocycles. The minimum absolute atomic E-state index is 0.122. The highest BCUT2D eigenvalue weighted by molar-refractivity contribution is 5.80. The number of anilines is 1. The van der Waals surface area contributed by atoms with Gasteiger partial charge < -0.3 is 16.3 Å². The largest absolute Gasteiger partial charge is 0.409 e. The van der Waals surface area contributed by atoms with Gasteiger partial charge in [-0.1, -0.05) is 17.3 Å². The van der Waals surface area contributed by atoms with Crippen molar-refractivity contribution in [3.05, 3.63) is 29.6 Å². The lowest BCUT2D eigenvalue weighted by molar-refractivity contribution is 0.317. The van der Waals surface area contributed by atoms with E-state index in [1.165, 1.54) is 6.07 Å². The summed E-state index contributed by atoms with van der Waals surface area (Å²) in [6, 6.07) is 4.85. The molecule has 0 amide bonds. The van der Waals surface area contributed by atoms with E-state index in [1.807, 2.05) is 13.0 Å². The average Bonchev–Trinajstić information content (AvgIpc) is 2.22. The van der Waals surface area contributed by atoms with Crippen molar-refractivity contribution in [2.24, 2.45) is 10.9 Å². The summed E-state index contributed by atoms with van der Waals surface area (Å²) in [5, 5.41) is 14.0. The number of hydrogen-bond acceptors (Lipinski definition) is 3. The van der Waals surface area contributed by atoms with Crippen molar-refractivity contribution in [2.75, 3.05) is 11.9 Å². The van der Waals surface area contributed by atoms with E-state index in [1.54, 1.807) is 6.07 Å². The van der Waals surface area contributed by atoms with E-state index >= 15 is 0 Å². The third-order valence-electron chi connectivity index (χ3n) is 2.03. The van der Waals surface area contributed by atoms with Gasteiger partial charge in [0.15, 0.2) is 0 Å². The maximum Gasteiger partial charge on any atom is 0.146 e. The number of halogens is 1. The molecule has 0 heterocycles. The van der Waals surface area contributed by atoms with Crippen LogP contribution >= 0.6 is 0 Å². The van der Waals surface area contributed by atoms with Gasteiger partial charge in [-0.3, -0.25) is 0 Å². The molecule has 1 rings (SSSR count). The molecule has 0 saturated carbocycles. The fourth-order valence-corrected chi connectivity index (χ4v) is 1.22. The van der Waals surface area contributed by atoms with Gasteiger partial charge in [0.25, 0.3) is 0 Å². The Hall–Kier alpha value is -1.78. The van der Waals surface area contributed by atoms with Crippen LogP contribution in [0, 0.1) is 12.7 Å². The SMILES string of the molecule is Cc1cccc(F)c1NCC/C(N)=N/O. The summed E-state index contributed by atoms with van der Waals surface area (Å²) in [4.78, 5) is 0. The lowest BCUT2D eigenvalue weighted by Crippen LogP contribution is -2.17. The number of nitrogens with one attached hydrogen (secondary N) is 1. The monoisotopic (exact) mass is 211 g/mol. The van der Waals surface area contributed by atoms with Crippen LogP contribution in [0.4, 0.5) is 10.1 Å². The van der Waals surface area contributed by atoms with Gasteiger partial charge in [-0.15, -0.1) is 0 Å². The molecule has 0 unspecified atom stereocenters. The Labute approximate surface area is 87.6 Å². The molecule has 15 heavy (non-hydrogen) atoms. The van der Waals surface area contributed by atoms with Crippen LogP contribution in [0.2, 0.25) is 0 Å². The predicted octanol–water partition coefficient (Wildman–Crippen LogP) is 1.68. The molecule has 4 nitrogen and oxygen atoms in total. The van der Waals surface area contributed by atoms with Crippen molar-refractivity contribution >= 4 is 11.5 Å². The molecular weight excluding hydrogens is 197 g/mol. The van der Waals surface area contributed by atoms with Crippen LogP contribution in [0.1, 0.15) is 12.0 Å². The minimum atomic E-state index is -0.297. The molecule has 0 bridgehead atoms. The summed E-state index contributed by atoms with van der Waals surface area (Å²) in [7, 11) is 0. The number of benzene rings is 1. The van der Waals surface area contributed by atoms with E-state index in [4.69, 9.17) is 10.9 Å². The molecule has 0 radical (unpaired) electrons. The van der Waals surface area contributed by atoms with Gasteiger partial charge in [0.05, 0.1) is 5.69 Å². The first-order chi connectivity index (χ1) is 7.15. The van der Waals surface area contributed by atoms with Gasteiger partial charge in [0.1, 0.15) is 11.7 Å². The first kappa shape index (κ1) is 11.3. The molecule has 1 aromatic carbocycles. The number of nitrogens with zero attached hydrogens (tertiary/aromatic N) is 1. The zero-order chi connectivity index (χ0) is 11.3. The lowest BCUT2D eigenvalue weighted by Gasteiger charge is -2.09. The van der Waals surface area contributed by atoms with Crippen molar-refractivity contribution in [1.82, 2.24) is 0 Å². The zero-order valence-corrected chi connectivity index (χ0v) is 8.50. The van der Waals surface area contributed by atoms with Crippen LogP contribution in [0.25, 0.3) is 0 Å². The fourth-order valence-electron chi connectivity index (χ4n) is 1.22. The van der Waals surface area contributed by atoms with Crippen LogP contribution in [-0.2, 0) is 0 Å². The molecule has 0 spiro atoms. The van der Waals surface area contributed by atoms with Crippen molar-refractivity contribution in [3.63, 3.8) is 0 Å². The molecule has 0 fully saturated rings. The lowest BCUT2D eigenvalue weighted by atomic mass is 10.2. The normalized spacial score (nSPS) is 11.5. The molecule has 82 valence electrons. The summed E-state index contributed by atoms with van der Waals surface area (Å²) in [5.74, 6) is -0.175. The van der Waals surface area contributed by atoms with Gasteiger partial charge in [-0.05, 0) is 18.6 Å². The highest BCUT2D eigenvalue weighted by atomic mass is 19.1. The van der Waals surface area contributed by atoms with Crippen molar-refractivity contribution in [3.8, 4) is 0 Å². The Morgan fingerprint density at radius 3 is 2.93 bits per heavy atom. The van der Waals surface area contributed by atoms with Gasteiger partial charge in [-0.25, -0.2) is 4.39 Å². The average molecular weight is 211 g/mol. The Morgan fingerprint density at radius 1 is 1.60 bits per heavy atom. The minimum Gasteiger partial charge on any atom is -0.409 e. The maximum absolute atomic E-state index is 13.3. The van der Waals surface area contributed by atoms with Crippen LogP contribution < -0.4 is 11.1 Å². The number of rotatable bonds is 4. The maximum atomic E-state index is 13.3. The Balaban J connectivity index is 2.58. The Kier molecular flexibility index (Phi) is 3.91. The number of para-hydroxylation sites is 1. The topological polar surface area (TPSA) is 70.6 Å². The fraction of sp³-hybridized carbons (Fsp3) is 0.300. The molecular formula is C10H14FN3O. The van der Waals surface area contributed by atoms with E-state index in [2.05, 4.69) is 10.5 Å². The molecule has 0 atom stereocenters. The molecule has 1 aromatic rings. The summed E-state index contributed by atoms with van der Waals surface area (Å²) in [6.07, 6.45) is 0.365. The zero-order valence-electron chi connectivity index (χ0n) is 8.50. The second-order valence-electron chi connectivity index (χ2n) is 3.20. The second kappa shape index (κ2) is 5.19. The van der Waals surface area contributed by atoms with Gasteiger partial charge in [-0.2, -0.15) is 0 Å². The van der Waals surface area contributed by atoms with Crippen LogP contribution in [0.3, 0.4) is 0 Å². The highest BCUT2D eigenvalue weighted by Gasteiger charge is 2.03. The van der Waals surface area contributed by atoms with Gasteiger partial charge in [0.2, 0.25) is 0 Å². The number of amidine groups is 1. The Morgan fingerprint density at radius 2 is 2.33 bits per heavy atom. The second-order valence-corrected chi connectivity index (χ2v) is 3.20. The number of hydrogen-bond donors (Lipinski definition) is 3. The molecule has 0 aliphatic heterocycles. The summed E-state index contributed by atoms with van der Waals surface area (Å²) >= 11 is 0. The first-order valence-corrected chi connectivity index (χ1v) is 4.60. The van der Waals surface area contributed by atoms with Gasteiger partial charge in [0, 0.05) is 13.0 Å². The third kappa shape index (κ3) is 3.12. The smallest absolute Gasteiger partial charge is 0.146 e. The molecule has 4 N–H and O–H groups in total. The summed E-state index contributed by atoms with van der Waals surface area (Å²) in [6.45, 7) is 2.24. The quantitative estimate of drug-likeness (QED) is 0.307. The highest BCUT2D eigenvalue weighted by Crippen LogP contribution is 2.18. The van der Waals surface area contributed by atoms with E-state index in [0.717, 1.165) is 5.56 Å². The standard InChI is InChI=1S/C10H14FN3O/c1-7-3-2-4-8(11)10(7)13-6-5-9(12)14-15/h2-4,13,15H,5-6H2,1H3,(H2,12,14). The number of nitrogens with two attached hydrogens (primary N) is 1. The van der Waals surface area contributed by atoms with Crippen molar-refractivity contribution in [2.45, 2.75) is 13.3 Å². The van der Waals surface area contributed by atoms with E-state index in [9.17, 15) is 4.39 Å². The molecule has 5 heteroatoms. The predicted molar refractivity (Wildman–Crippen MR) is 57.7 cm³/mol. The third-order valence-corrected chi connectivity index (χ3v) is 2.03. The van der Waals surface area contributed by atoms with Crippen LogP contribution in [0.5, 0.6) is 0 Å². The molecule has 0 aliphatic rings. The van der Waals surface area contributed by atoms with E-state index in [0.29, 0.717) is 18.7 Å². The van der Waals surface area contributed by atoms with E-state index in [-0.39, 0.29) is 11.7 Å². The van der Waals surface area contributed by atoms with Crippen molar-refractivity contribution < 1.29 is 9.60 Å². The number of oxime groups is 1. The summed E-state index contributed by atoms with van der Waals surface area (Å²) < 4.78 is 13.3. The van der Waals surface area contributed by atoms with E-state index < -0.39 is 0 Å². The number of aryl methyl sites for hydroxylation is 1. The van der Waals surface area contributed by atoms with Gasteiger partial charge >= 0.3 is 0 Å². The first-order valence-electron chi connectivity index (χ1n) is 4.60. The summed E-state index contributed by atoms with van der Waals surface area (Å²) in [5.41, 5.74) is 6.57.